The van der Waals surface area contributed by atoms with Gasteiger partial charge in [-0.05, 0) is 62.2 Å². The largest absolute Gasteiger partial charge is 0.494 e. The van der Waals surface area contributed by atoms with Gasteiger partial charge in [0.15, 0.2) is 0 Å². The Balaban J connectivity index is 1.86. The second kappa shape index (κ2) is 8.32. The van der Waals surface area contributed by atoms with Gasteiger partial charge in [0.2, 0.25) is 0 Å². The first-order valence-electron chi connectivity index (χ1n) is 7.93. The lowest BCUT2D eigenvalue weighted by Gasteiger charge is -2.13. The summed E-state index contributed by atoms with van der Waals surface area (Å²) >= 11 is 0. The molecular formula is C19H25NO2. The van der Waals surface area contributed by atoms with E-state index in [1.54, 1.807) is 0 Å². The highest BCUT2D eigenvalue weighted by atomic mass is 16.5. The van der Waals surface area contributed by atoms with Gasteiger partial charge in [0.1, 0.15) is 11.5 Å². The molecule has 2 rings (SSSR count). The first kappa shape index (κ1) is 16.2. The van der Waals surface area contributed by atoms with Gasteiger partial charge in [0.05, 0.1) is 12.7 Å². The first-order chi connectivity index (χ1) is 10.7. The summed E-state index contributed by atoms with van der Waals surface area (Å²) in [5.41, 5.74) is 2.31. The summed E-state index contributed by atoms with van der Waals surface area (Å²) in [4.78, 5) is 0. The Bertz CT molecular complexity index is 549. The van der Waals surface area contributed by atoms with E-state index in [0.29, 0.717) is 6.61 Å². The maximum Gasteiger partial charge on any atom is 0.119 e. The molecule has 0 aliphatic heterocycles. The summed E-state index contributed by atoms with van der Waals surface area (Å²) in [6.07, 6.45) is 1.27. The van der Waals surface area contributed by atoms with E-state index in [4.69, 9.17) is 9.47 Å². The van der Waals surface area contributed by atoms with Crippen LogP contribution < -0.4 is 14.8 Å². The van der Waals surface area contributed by atoms with Crippen LogP contribution in [0.25, 0.3) is 0 Å². The Morgan fingerprint density at radius 3 is 2.14 bits per heavy atom. The number of benzene rings is 2. The maximum absolute atomic E-state index is 5.78. The number of anilines is 1. The van der Waals surface area contributed by atoms with Crippen molar-refractivity contribution in [2.45, 2.75) is 39.8 Å². The van der Waals surface area contributed by atoms with E-state index in [9.17, 15) is 0 Å². The SMILES string of the molecule is CCOc1ccc(NCc2ccc(OC(C)CC)cc2)cc1. The predicted molar refractivity (Wildman–Crippen MR) is 91.8 cm³/mol. The highest BCUT2D eigenvalue weighted by Crippen LogP contribution is 2.18. The summed E-state index contributed by atoms with van der Waals surface area (Å²) in [5.74, 6) is 1.83. The molecule has 0 fully saturated rings. The summed E-state index contributed by atoms with van der Waals surface area (Å²) in [5, 5.41) is 3.41. The van der Waals surface area contributed by atoms with E-state index in [0.717, 1.165) is 30.2 Å². The van der Waals surface area contributed by atoms with Crippen LogP contribution in [0.15, 0.2) is 48.5 Å². The average molecular weight is 299 g/mol. The number of ether oxygens (including phenoxy) is 2. The minimum atomic E-state index is 0.257. The molecule has 1 unspecified atom stereocenters. The van der Waals surface area contributed by atoms with E-state index in [1.165, 1.54) is 5.56 Å². The van der Waals surface area contributed by atoms with Gasteiger partial charge in [-0.1, -0.05) is 19.1 Å². The summed E-state index contributed by atoms with van der Waals surface area (Å²) < 4.78 is 11.2. The Kier molecular flexibility index (Phi) is 6.13. The third kappa shape index (κ3) is 4.99. The molecule has 1 N–H and O–H groups in total. The molecule has 0 aliphatic rings. The van der Waals surface area contributed by atoms with Crippen molar-refractivity contribution >= 4 is 5.69 Å². The van der Waals surface area contributed by atoms with Crippen molar-refractivity contribution in [2.24, 2.45) is 0 Å². The molecule has 0 heterocycles. The third-order valence-corrected chi connectivity index (χ3v) is 3.50. The van der Waals surface area contributed by atoms with E-state index >= 15 is 0 Å². The first-order valence-corrected chi connectivity index (χ1v) is 7.93. The molecule has 118 valence electrons. The van der Waals surface area contributed by atoms with Crippen LogP contribution in [0.4, 0.5) is 5.69 Å². The topological polar surface area (TPSA) is 30.5 Å². The molecule has 0 saturated heterocycles. The van der Waals surface area contributed by atoms with Crippen LogP contribution in [0.5, 0.6) is 11.5 Å². The smallest absolute Gasteiger partial charge is 0.119 e. The van der Waals surface area contributed by atoms with Crippen molar-refractivity contribution < 1.29 is 9.47 Å². The lowest BCUT2D eigenvalue weighted by atomic mass is 10.2. The van der Waals surface area contributed by atoms with Gasteiger partial charge in [0.25, 0.3) is 0 Å². The number of nitrogens with one attached hydrogen (secondary N) is 1. The maximum atomic E-state index is 5.78. The number of hydrogen-bond acceptors (Lipinski definition) is 3. The van der Waals surface area contributed by atoms with Crippen LogP contribution in [0, 0.1) is 0 Å². The molecule has 0 aromatic heterocycles. The van der Waals surface area contributed by atoms with Gasteiger partial charge in [-0.3, -0.25) is 0 Å². The van der Waals surface area contributed by atoms with E-state index < -0.39 is 0 Å². The summed E-state index contributed by atoms with van der Waals surface area (Å²) in [7, 11) is 0. The fraction of sp³-hybridized carbons (Fsp3) is 0.368. The minimum Gasteiger partial charge on any atom is -0.494 e. The van der Waals surface area contributed by atoms with Crippen LogP contribution in [0.1, 0.15) is 32.8 Å². The van der Waals surface area contributed by atoms with Crippen molar-refractivity contribution in [3.05, 3.63) is 54.1 Å². The van der Waals surface area contributed by atoms with Crippen molar-refractivity contribution in [3.8, 4) is 11.5 Å². The molecule has 0 radical (unpaired) electrons. The lowest BCUT2D eigenvalue weighted by molar-refractivity contribution is 0.217. The fourth-order valence-electron chi connectivity index (χ4n) is 2.04. The van der Waals surface area contributed by atoms with Gasteiger partial charge in [-0.2, -0.15) is 0 Å². The lowest BCUT2D eigenvalue weighted by Crippen LogP contribution is -2.09. The Morgan fingerprint density at radius 1 is 0.909 bits per heavy atom. The van der Waals surface area contributed by atoms with Gasteiger partial charge >= 0.3 is 0 Å². The van der Waals surface area contributed by atoms with E-state index in [1.807, 2.05) is 43.3 Å². The molecule has 0 bridgehead atoms. The summed E-state index contributed by atoms with van der Waals surface area (Å²) in [6.45, 7) is 7.68. The number of rotatable bonds is 8. The monoisotopic (exact) mass is 299 g/mol. The Morgan fingerprint density at radius 2 is 1.55 bits per heavy atom. The zero-order valence-electron chi connectivity index (χ0n) is 13.6. The second-order valence-electron chi connectivity index (χ2n) is 5.29. The zero-order chi connectivity index (χ0) is 15.8. The molecule has 2 aromatic rings. The van der Waals surface area contributed by atoms with Crippen molar-refractivity contribution in [1.29, 1.82) is 0 Å². The third-order valence-electron chi connectivity index (χ3n) is 3.50. The molecule has 0 saturated carbocycles. The minimum absolute atomic E-state index is 0.257. The van der Waals surface area contributed by atoms with Crippen molar-refractivity contribution in [2.75, 3.05) is 11.9 Å². The molecule has 22 heavy (non-hydrogen) atoms. The Hall–Kier alpha value is -2.16. The fourth-order valence-corrected chi connectivity index (χ4v) is 2.04. The molecular weight excluding hydrogens is 274 g/mol. The van der Waals surface area contributed by atoms with E-state index in [2.05, 4.69) is 31.3 Å². The molecule has 0 aliphatic carbocycles. The molecule has 0 spiro atoms. The normalized spacial score (nSPS) is 11.8. The van der Waals surface area contributed by atoms with Gasteiger partial charge in [-0.15, -0.1) is 0 Å². The highest BCUT2D eigenvalue weighted by molar-refractivity contribution is 5.47. The van der Waals surface area contributed by atoms with Crippen LogP contribution in [-0.2, 0) is 6.54 Å². The second-order valence-corrected chi connectivity index (χ2v) is 5.29. The molecule has 1 atom stereocenters. The van der Waals surface area contributed by atoms with Gasteiger partial charge < -0.3 is 14.8 Å². The van der Waals surface area contributed by atoms with Crippen LogP contribution >= 0.6 is 0 Å². The predicted octanol–water partition coefficient (Wildman–Crippen LogP) is 4.87. The Labute approximate surface area is 133 Å². The standard InChI is InChI=1S/C19H25NO2/c1-4-15(3)22-19-10-6-16(7-11-19)14-20-17-8-12-18(13-9-17)21-5-2/h6-13,15,20H,4-5,14H2,1-3H3. The number of hydrogen-bond donors (Lipinski definition) is 1. The molecule has 3 nitrogen and oxygen atoms in total. The van der Waals surface area contributed by atoms with Crippen LogP contribution in [0.3, 0.4) is 0 Å². The quantitative estimate of drug-likeness (QED) is 0.754. The zero-order valence-corrected chi connectivity index (χ0v) is 13.6. The molecule has 0 amide bonds. The average Bonchev–Trinajstić information content (AvgIpc) is 2.56. The van der Waals surface area contributed by atoms with Gasteiger partial charge in [-0.25, -0.2) is 0 Å². The highest BCUT2D eigenvalue weighted by Gasteiger charge is 2.01. The van der Waals surface area contributed by atoms with Crippen LogP contribution in [-0.4, -0.2) is 12.7 Å². The van der Waals surface area contributed by atoms with Crippen LogP contribution in [0.2, 0.25) is 0 Å². The summed E-state index contributed by atoms with van der Waals surface area (Å²) in [6, 6.07) is 16.3. The molecule has 3 heteroatoms. The van der Waals surface area contributed by atoms with Crippen molar-refractivity contribution in [1.82, 2.24) is 0 Å². The van der Waals surface area contributed by atoms with E-state index in [-0.39, 0.29) is 6.10 Å². The van der Waals surface area contributed by atoms with Crippen molar-refractivity contribution in [3.63, 3.8) is 0 Å². The molecule has 2 aromatic carbocycles. The van der Waals surface area contributed by atoms with Gasteiger partial charge in [0, 0.05) is 12.2 Å².